The van der Waals surface area contributed by atoms with E-state index in [1.54, 1.807) is 6.92 Å². The van der Waals surface area contributed by atoms with Crippen molar-refractivity contribution in [3.8, 4) is 11.5 Å². The first kappa shape index (κ1) is 20.5. The largest absolute Gasteiger partial charge is 0.463 e. The Morgan fingerprint density at radius 3 is 2.19 bits per heavy atom. The van der Waals surface area contributed by atoms with Crippen molar-refractivity contribution in [2.45, 2.75) is 18.7 Å². The van der Waals surface area contributed by atoms with Crippen LogP contribution in [-0.4, -0.2) is 21.0 Å². The highest BCUT2D eigenvalue weighted by atomic mass is 32.2. The average molecular weight is 397 g/mol. The Morgan fingerprint density at radius 1 is 1.15 bits per heavy atom. The fourth-order valence-electron chi connectivity index (χ4n) is 2.13. The number of ether oxygens (including phenoxy) is 2. The van der Waals surface area contributed by atoms with Crippen LogP contribution in [0.1, 0.15) is 19.4 Å². The van der Waals surface area contributed by atoms with Crippen molar-refractivity contribution in [2.24, 2.45) is 5.14 Å². The van der Waals surface area contributed by atoms with Crippen LogP contribution in [-0.2, 0) is 19.6 Å². The summed E-state index contributed by atoms with van der Waals surface area (Å²) in [6, 6.07) is 6.74. The van der Waals surface area contributed by atoms with E-state index in [2.05, 4.69) is 0 Å². The molecule has 2 aromatic rings. The van der Waals surface area contributed by atoms with Gasteiger partial charge in [-0.1, -0.05) is 0 Å². The highest BCUT2D eigenvalue weighted by Gasteiger charge is 2.15. The minimum Gasteiger partial charge on any atom is -0.463 e. The van der Waals surface area contributed by atoms with Crippen LogP contribution in [0.25, 0.3) is 6.08 Å². The number of benzene rings is 2. The molecule has 9 heteroatoms. The lowest BCUT2D eigenvalue weighted by Crippen LogP contribution is -2.11. The zero-order valence-corrected chi connectivity index (χ0v) is 15.3. The van der Waals surface area contributed by atoms with Gasteiger partial charge in [0.1, 0.15) is 5.75 Å². The van der Waals surface area contributed by atoms with Crippen molar-refractivity contribution in [2.75, 3.05) is 6.61 Å². The predicted octanol–water partition coefficient (Wildman–Crippen LogP) is 3.37. The smallest absolute Gasteiger partial charge is 0.333 e. The van der Waals surface area contributed by atoms with Crippen LogP contribution in [0.2, 0.25) is 0 Å². The Kier molecular flexibility index (Phi) is 6.29. The maximum Gasteiger partial charge on any atom is 0.333 e. The van der Waals surface area contributed by atoms with Crippen molar-refractivity contribution in [3.05, 3.63) is 59.2 Å². The molecule has 0 unspecified atom stereocenters. The number of hydrogen-bond acceptors (Lipinski definition) is 5. The molecule has 6 nitrogen and oxygen atoms in total. The molecule has 0 aliphatic heterocycles. The number of nitrogens with two attached hydrogens (primary N) is 1. The standard InChI is InChI=1S/C18H17F2NO5S/c1-3-25-18(22)11(2)8-12-9-15(19)17(16(20)10-12)26-13-4-6-14(7-5-13)27(21,23)24/h4-10H,3H2,1-2H3,(H2,21,23,24). The Balaban J connectivity index is 2.27. The SMILES string of the molecule is CCOC(=O)C(C)=Cc1cc(F)c(Oc2ccc(S(N)(=O)=O)cc2)c(F)c1. The number of halogens is 2. The summed E-state index contributed by atoms with van der Waals surface area (Å²) in [4.78, 5) is 11.4. The minimum absolute atomic E-state index is 0.0196. The number of hydrogen-bond donors (Lipinski definition) is 1. The van der Waals surface area contributed by atoms with Crippen molar-refractivity contribution in [1.29, 1.82) is 0 Å². The van der Waals surface area contributed by atoms with E-state index in [1.165, 1.54) is 25.1 Å². The number of primary sulfonamides is 1. The molecule has 0 bridgehead atoms. The van der Waals surface area contributed by atoms with Gasteiger partial charge in [-0.3, -0.25) is 0 Å². The molecule has 0 spiro atoms. The normalized spacial score (nSPS) is 12.0. The average Bonchev–Trinajstić information content (AvgIpc) is 2.58. The minimum atomic E-state index is -3.89. The van der Waals surface area contributed by atoms with Gasteiger partial charge < -0.3 is 9.47 Å². The fraction of sp³-hybridized carbons (Fsp3) is 0.167. The topological polar surface area (TPSA) is 95.7 Å². The van der Waals surface area contributed by atoms with E-state index in [9.17, 15) is 22.0 Å². The second-order valence-electron chi connectivity index (χ2n) is 5.48. The van der Waals surface area contributed by atoms with E-state index in [0.29, 0.717) is 0 Å². The number of rotatable bonds is 6. The molecule has 0 fully saturated rings. The lowest BCUT2D eigenvalue weighted by Gasteiger charge is -2.10. The van der Waals surface area contributed by atoms with Crippen molar-refractivity contribution in [3.63, 3.8) is 0 Å². The van der Waals surface area contributed by atoms with Crippen LogP contribution in [0.15, 0.2) is 46.9 Å². The lowest BCUT2D eigenvalue weighted by molar-refractivity contribution is -0.138. The molecular formula is C18H17F2NO5S. The Hall–Kier alpha value is -2.78. The molecule has 0 aliphatic rings. The molecule has 0 aromatic heterocycles. The van der Waals surface area contributed by atoms with Gasteiger partial charge in [-0.2, -0.15) is 0 Å². The number of carbonyl (C=O) groups is 1. The van der Waals surface area contributed by atoms with Gasteiger partial charge in [0.25, 0.3) is 0 Å². The second kappa shape index (κ2) is 8.28. The number of sulfonamides is 1. The van der Waals surface area contributed by atoms with Gasteiger partial charge in [-0.15, -0.1) is 0 Å². The quantitative estimate of drug-likeness (QED) is 0.596. The molecule has 27 heavy (non-hydrogen) atoms. The summed E-state index contributed by atoms with van der Waals surface area (Å²) in [7, 11) is -3.89. The van der Waals surface area contributed by atoms with Gasteiger partial charge in [-0.25, -0.2) is 27.1 Å². The molecule has 144 valence electrons. The third-order valence-corrected chi connectivity index (χ3v) is 4.30. The number of carbonyl (C=O) groups excluding carboxylic acids is 1. The van der Waals surface area contributed by atoms with E-state index < -0.39 is 33.4 Å². The second-order valence-corrected chi connectivity index (χ2v) is 7.04. The lowest BCUT2D eigenvalue weighted by atomic mass is 10.1. The maximum atomic E-state index is 14.2. The Labute approximate surface area is 155 Å². The van der Waals surface area contributed by atoms with Crippen LogP contribution in [0.5, 0.6) is 11.5 Å². The summed E-state index contributed by atoms with van der Waals surface area (Å²) in [6.07, 6.45) is 1.29. The molecule has 2 aromatic carbocycles. The van der Waals surface area contributed by atoms with Crippen molar-refractivity contribution in [1.82, 2.24) is 0 Å². The fourth-order valence-corrected chi connectivity index (χ4v) is 2.64. The molecular weight excluding hydrogens is 380 g/mol. The van der Waals surface area contributed by atoms with Crippen LogP contribution >= 0.6 is 0 Å². The monoisotopic (exact) mass is 397 g/mol. The molecule has 0 atom stereocenters. The Morgan fingerprint density at radius 2 is 1.70 bits per heavy atom. The van der Waals surface area contributed by atoms with E-state index in [-0.39, 0.29) is 28.4 Å². The number of esters is 1. The summed E-state index contributed by atoms with van der Waals surface area (Å²) in [5.74, 6) is -3.22. The first-order valence-electron chi connectivity index (χ1n) is 7.77. The maximum absolute atomic E-state index is 14.2. The van der Waals surface area contributed by atoms with Gasteiger partial charge in [0.2, 0.25) is 10.0 Å². The molecule has 0 saturated carbocycles. The molecule has 2 N–H and O–H groups in total. The summed E-state index contributed by atoms with van der Waals surface area (Å²) >= 11 is 0. The van der Waals surface area contributed by atoms with E-state index in [4.69, 9.17) is 14.6 Å². The predicted molar refractivity (Wildman–Crippen MR) is 94.5 cm³/mol. The van der Waals surface area contributed by atoms with Gasteiger partial charge >= 0.3 is 5.97 Å². The zero-order valence-electron chi connectivity index (χ0n) is 14.5. The Bertz CT molecular complexity index is 962. The van der Waals surface area contributed by atoms with Gasteiger partial charge in [0, 0.05) is 5.57 Å². The molecule has 0 amide bonds. The third kappa shape index (κ3) is 5.35. The molecule has 2 rings (SSSR count). The summed E-state index contributed by atoms with van der Waals surface area (Å²) in [5, 5.41) is 4.98. The highest BCUT2D eigenvalue weighted by molar-refractivity contribution is 7.89. The summed E-state index contributed by atoms with van der Waals surface area (Å²) < 4.78 is 60.8. The van der Waals surface area contributed by atoms with E-state index in [1.807, 2.05) is 0 Å². The van der Waals surface area contributed by atoms with Crippen molar-refractivity contribution >= 4 is 22.1 Å². The molecule has 0 heterocycles. The van der Waals surface area contributed by atoms with Crippen LogP contribution < -0.4 is 9.88 Å². The van der Waals surface area contributed by atoms with Gasteiger partial charge in [0.15, 0.2) is 17.4 Å². The zero-order chi connectivity index (χ0) is 20.2. The highest BCUT2D eigenvalue weighted by Crippen LogP contribution is 2.30. The molecule has 0 saturated heterocycles. The first-order valence-corrected chi connectivity index (χ1v) is 9.31. The van der Waals surface area contributed by atoms with Gasteiger partial charge in [-0.05, 0) is 61.9 Å². The summed E-state index contributed by atoms with van der Waals surface area (Å²) in [6.45, 7) is 3.29. The van der Waals surface area contributed by atoms with E-state index in [0.717, 1.165) is 24.3 Å². The van der Waals surface area contributed by atoms with Crippen LogP contribution in [0.3, 0.4) is 0 Å². The van der Waals surface area contributed by atoms with Crippen LogP contribution in [0, 0.1) is 11.6 Å². The molecule has 0 aliphatic carbocycles. The summed E-state index contributed by atoms with van der Waals surface area (Å²) in [5.41, 5.74) is 0.301. The first-order chi connectivity index (χ1) is 12.6. The van der Waals surface area contributed by atoms with E-state index >= 15 is 0 Å². The third-order valence-electron chi connectivity index (χ3n) is 3.37. The van der Waals surface area contributed by atoms with Gasteiger partial charge in [0.05, 0.1) is 11.5 Å². The van der Waals surface area contributed by atoms with Crippen LogP contribution in [0.4, 0.5) is 8.78 Å². The van der Waals surface area contributed by atoms with Crippen molar-refractivity contribution < 1.29 is 31.5 Å². The molecule has 0 radical (unpaired) electrons.